The normalized spacial score (nSPS) is 10.7. The Morgan fingerprint density at radius 2 is 1.83 bits per heavy atom. The number of anilines is 1. The third-order valence-electron chi connectivity index (χ3n) is 3.86. The summed E-state index contributed by atoms with van der Waals surface area (Å²) in [6.45, 7) is 1.96. The molecule has 2 N–H and O–H groups in total. The second-order valence-electron chi connectivity index (χ2n) is 5.60. The lowest BCUT2D eigenvalue weighted by Crippen LogP contribution is -2.02. The SMILES string of the molecule is Cc1ccc(F)c(CCc2cc(-c3cccnc3)cnc2N)c1. The minimum atomic E-state index is -0.175. The number of nitrogens with zero attached hydrogens (tertiary/aromatic N) is 2. The fourth-order valence-electron chi connectivity index (χ4n) is 2.58. The van der Waals surface area contributed by atoms with Crippen LogP contribution in [0.3, 0.4) is 0 Å². The average molecular weight is 307 g/mol. The maximum atomic E-state index is 13.9. The molecular formula is C19H18FN3. The molecule has 0 spiro atoms. The van der Waals surface area contributed by atoms with Crippen molar-refractivity contribution in [3.05, 3.63) is 77.5 Å². The molecule has 0 amide bonds. The van der Waals surface area contributed by atoms with Crippen LogP contribution in [0.1, 0.15) is 16.7 Å². The van der Waals surface area contributed by atoms with E-state index in [2.05, 4.69) is 9.97 Å². The van der Waals surface area contributed by atoms with Gasteiger partial charge in [0.1, 0.15) is 11.6 Å². The van der Waals surface area contributed by atoms with Gasteiger partial charge in [0.2, 0.25) is 0 Å². The van der Waals surface area contributed by atoms with E-state index in [1.54, 1.807) is 24.7 Å². The third-order valence-corrected chi connectivity index (χ3v) is 3.86. The van der Waals surface area contributed by atoms with E-state index in [4.69, 9.17) is 5.73 Å². The third kappa shape index (κ3) is 3.54. The van der Waals surface area contributed by atoms with Crippen LogP contribution in [-0.4, -0.2) is 9.97 Å². The van der Waals surface area contributed by atoms with Crippen molar-refractivity contribution < 1.29 is 4.39 Å². The molecule has 23 heavy (non-hydrogen) atoms. The average Bonchev–Trinajstić information content (AvgIpc) is 2.58. The van der Waals surface area contributed by atoms with Crippen molar-refractivity contribution in [2.24, 2.45) is 0 Å². The second kappa shape index (κ2) is 6.57. The number of nitrogens with two attached hydrogens (primary N) is 1. The van der Waals surface area contributed by atoms with Gasteiger partial charge in [-0.1, -0.05) is 23.8 Å². The molecule has 0 aliphatic heterocycles. The van der Waals surface area contributed by atoms with Gasteiger partial charge in [0, 0.05) is 29.7 Å². The maximum absolute atomic E-state index is 13.9. The first-order valence-corrected chi connectivity index (χ1v) is 7.53. The molecule has 2 aromatic heterocycles. The van der Waals surface area contributed by atoms with E-state index in [0.29, 0.717) is 24.2 Å². The van der Waals surface area contributed by atoms with Crippen LogP contribution in [0.2, 0.25) is 0 Å². The number of aromatic nitrogens is 2. The van der Waals surface area contributed by atoms with Gasteiger partial charge in [-0.15, -0.1) is 0 Å². The lowest BCUT2D eigenvalue weighted by atomic mass is 10.0. The standard InChI is InChI=1S/C19H18FN3/c1-13-4-7-18(20)14(9-13)5-6-15-10-17(12-23-19(15)21)16-3-2-8-22-11-16/h2-4,7-12H,5-6H2,1H3,(H2,21,23). The first-order chi connectivity index (χ1) is 11.1. The van der Waals surface area contributed by atoms with Gasteiger partial charge in [0.15, 0.2) is 0 Å². The van der Waals surface area contributed by atoms with E-state index in [0.717, 1.165) is 22.3 Å². The number of hydrogen-bond donors (Lipinski definition) is 1. The molecule has 0 atom stereocenters. The van der Waals surface area contributed by atoms with Gasteiger partial charge in [0.25, 0.3) is 0 Å². The predicted octanol–water partition coefficient (Wildman–Crippen LogP) is 3.96. The highest BCUT2D eigenvalue weighted by Crippen LogP contribution is 2.23. The number of pyridine rings is 2. The van der Waals surface area contributed by atoms with Crippen LogP contribution in [0, 0.1) is 12.7 Å². The minimum Gasteiger partial charge on any atom is -0.383 e. The largest absolute Gasteiger partial charge is 0.383 e. The molecule has 0 fully saturated rings. The summed E-state index contributed by atoms with van der Waals surface area (Å²) in [6, 6.07) is 11.0. The maximum Gasteiger partial charge on any atom is 0.126 e. The molecular weight excluding hydrogens is 289 g/mol. The van der Waals surface area contributed by atoms with Crippen molar-refractivity contribution in [1.29, 1.82) is 0 Å². The van der Waals surface area contributed by atoms with Crippen molar-refractivity contribution in [1.82, 2.24) is 9.97 Å². The van der Waals surface area contributed by atoms with Crippen molar-refractivity contribution in [3.8, 4) is 11.1 Å². The quantitative estimate of drug-likeness (QED) is 0.794. The summed E-state index contributed by atoms with van der Waals surface area (Å²) in [5, 5.41) is 0. The van der Waals surface area contributed by atoms with Crippen molar-refractivity contribution in [2.75, 3.05) is 5.73 Å². The van der Waals surface area contributed by atoms with Crippen molar-refractivity contribution in [3.63, 3.8) is 0 Å². The van der Waals surface area contributed by atoms with Crippen LogP contribution >= 0.6 is 0 Å². The van der Waals surface area contributed by atoms with Crippen LogP contribution in [0.25, 0.3) is 11.1 Å². The summed E-state index contributed by atoms with van der Waals surface area (Å²) >= 11 is 0. The molecule has 0 bridgehead atoms. The van der Waals surface area contributed by atoms with Crippen LogP contribution in [-0.2, 0) is 12.8 Å². The molecule has 116 valence electrons. The zero-order chi connectivity index (χ0) is 16.2. The number of rotatable bonds is 4. The topological polar surface area (TPSA) is 51.8 Å². The van der Waals surface area contributed by atoms with Crippen LogP contribution in [0.15, 0.2) is 55.0 Å². The predicted molar refractivity (Wildman–Crippen MR) is 90.4 cm³/mol. The molecule has 0 radical (unpaired) electrons. The van der Waals surface area contributed by atoms with Crippen LogP contribution in [0.5, 0.6) is 0 Å². The zero-order valence-electron chi connectivity index (χ0n) is 13.0. The first kappa shape index (κ1) is 15.2. The Balaban J connectivity index is 1.84. The van der Waals surface area contributed by atoms with E-state index < -0.39 is 0 Å². The van der Waals surface area contributed by atoms with Gasteiger partial charge in [-0.25, -0.2) is 9.37 Å². The summed E-state index contributed by atoms with van der Waals surface area (Å²) < 4.78 is 13.9. The highest BCUT2D eigenvalue weighted by atomic mass is 19.1. The van der Waals surface area contributed by atoms with E-state index in [1.165, 1.54) is 6.07 Å². The molecule has 3 aromatic rings. The van der Waals surface area contributed by atoms with Gasteiger partial charge in [0.05, 0.1) is 0 Å². The monoisotopic (exact) mass is 307 g/mol. The van der Waals surface area contributed by atoms with Gasteiger partial charge in [-0.3, -0.25) is 4.98 Å². The van der Waals surface area contributed by atoms with Gasteiger partial charge in [-0.05, 0) is 49.1 Å². The summed E-state index contributed by atoms with van der Waals surface area (Å²) in [4.78, 5) is 8.38. The second-order valence-corrected chi connectivity index (χ2v) is 5.60. The molecule has 1 aromatic carbocycles. The lowest BCUT2D eigenvalue weighted by molar-refractivity contribution is 0.608. The Bertz CT molecular complexity index is 816. The number of halogens is 1. The fraction of sp³-hybridized carbons (Fsp3) is 0.158. The highest BCUT2D eigenvalue weighted by Gasteiger charge is 2.08. The van der Waals surface area contributed by atoms with Gasteiger partial charge < -0.3 is 5.73 Å². The number of nitrogen functional groups attached to an aromatic ring is 1. The highest BCUT2D eigenvalue weighted by molar-refractivity contribution is 5.64. The molecule has 3 nitrogen and oxygen atoms in total. The smallest absolute Gasteiger partial charge is 0.126 e. The Hall–Kier alpha value is -2.75. The number of benzene rings is 1. The Morgan fingerprint density at radius 1 is 1.00 bits per heavy atom. The summed E-state index contributed by atoms with van der Waals surface area (Å²) in [5.74, 6) is 0.316. The van der Waals surface area contributed by atoms with E-state index in [1.807, 2.05) is 31.2 Å². The molecule has 2 heterocycles. The Morgan fingerprint density at radius 3 is 2.61 bits per heavy atom. The lowest BCUT2D eigenvalue weighted by Gasteiger charge is -2.09. The van der Waals surface area contributed by atoms with Gasteiger partial charge >= 0.3 is 0 Å². The molecule has 0 unspecified atom stereocenters. The number of hydrogen-bond acceptors (Lipinski definition) is 3. The fourth-order valence-corrected chi connectivity index (χ4v) is 2.58. The van der Waals surface area contributed by atoms with Crippen molar-refractivity contribution >= 4 is 5.82 Å². The van der Waals surface area contributed by atoms with E-state index in [-0.39, 0.29) is 5.82 Å². The van der Waals surface area contributed by atoms with E-state index >= 15 is 0 Å². The van der Waals surface area contributed by atoms with Crippen molar-refractivity contribution in [2.45, 2.75) is 19.8 Å². The zero-order valence-corrected chi connectivity index (χ0v) is 13.0. The summed E-state index contributed by atoms with van der Waals surface area (Å²) in [6.07, 6.45) is 6.50. The molecule has 0 aliphatic rings. The number of aryl methyl sites for hydroxylation is 3. The molecule has 4 heteroatoms. The van der Waals surface area contributed by atoms with Crippen LogP contribution in [0.4, 0.5) is 10.2 Å². The molecule has 0 aliphatic carbocycles. The summed E-state index contributed by atoms with van der Waals surface area (Å²) in [7, 11) is 0. The minimum absolute atomic E-state index is 0.175. The van der Waals surface area contributed by atoms with E-state index in [9.17, 15) is 4.39 Å². The molecule has 3 rings (SSSR count). The molecule has 0 saturated carbocycles. The Labute approximate surface area is 135 Å². The molecule has 0 saturated heterocycles. The Kier molecular flexibility index (Phi) is 4.33. The first-order valence-electron chi connectivity index (χ1n) is 7.53. The summed E-state index contributed by atoms with van der Waals surface area (Å²) in [5.41, 5.74) is 10.6. The van der Waals surface area contributed by atoms with Gasteiger partial charge in [-0.2, -0.15) is 0 Å². The van der Waals surface area contributed by atoms with Crippen LogP contribution < -0.4 is 5.73 Å².